The largest absolute Gasteiger partial charge is 0.466 e. The van der Waals surface area contributed by atoms with Gasteiger partial charge in [0.1, 0.15) is 0 Å². The Kier molecular flexibility index (Phi) is 6.63. The minimum absolute atomic E-state index is 0.0587. The molecule has 0 spiro atoms. The van der Waals surface area contributed by atoms with Gasteiger partial charge in [0, 0.05) is 26.6 Å². The lowest BCUT2D eigenvalue weighted by molar-refractivity contribution is -0.143. The minimum atomic E-state index is -3.67. The lowest BCUT2D eigenvalue weighted by Crippen LogP contribution is -2.12. The summed E-state index contributed by atoms with van der Waals surface area (Å²) in [7, 11) is -2.08. The highest BCUT2D eigenvalue weighted by Crippen LogP contribution is 2.10. The third-order valence-corrected chi connectivity index (χ3v) is 3.55. The van der Waals surface area contributed by atoms with E-state index in [0.717, 1.165) is 5.56 Å². The van der Waals surface area contributed by atoms with E-state index in [0.29, 0.717) is 26.1 Å². The number of sulfonamides is 1. The molecule has 7 heteroatoms. The average molecular weight is 301 g/mol. The number of hydrogen-bond acceptors (Lipinski definition) is 5. The number of esters is 1. The maximum atomic E-state index is 11.4. The van der Waals surface area contributed by atoms with E-state index in [2.05, 4.69) is 0 Å². The van der Waals surface area contributed by atoms with Crippen molar-refractivity contribution < 1.29 is 22.7 Å². The van der Waals surface area contributed by atoms with Gasteiger partial charge in [0.15, 0.2) is 0 Å². The number of aryl methyl sites for hydroxylation is 1. The molecule has 0 aromatic heterocycles. The van der Waals surface area contributed by atoms with E-state index < -0.39 is 10.0 Å². The molecule has 20 heavy (non-hydrogen) atoms. The Morgan fingerprint density at radius 2 is 1.85 bits per heavy atom. The highest BCUT2D eigenvalue weighted by atomic mass is 32.2. The van der Waals surface area contributed by atoms with Crippen LogP contribution in [0.5, 0.6) is 0 Å². The molecule has 0 saturated carbocycles. The quantitative estimate of drug-likeness (QED) is 0.567. The molecule has 0 aliphatic carbocycles. The number of benzene rings is 1. The number of methoxy groups -OCH3 is 1. The van der Waals surface area contributed by atoms with Gasteiger partial charge in [-0.15, -0.1) is 0 Å². The second-order valence-corrected chi connectivity index (χ2v) is 5.82. The SMILES string of the molecule is COCCCOC(=O)CCc1ccc(S(N)(=O)=O)cc1. The molecule has 1 rings (SSSR count). The van der Waals surface area contributed by atoms with E-state index in [1.807, 2.05) is 0 Å². The lowest BCUT2D eigenvalue weighted by atomic mass is 10.1. The summed E-state index contributed by atoms with van der Waals surface area (Å²) >= 11 is 0. The molecule has 0 fully saturated rings. The predicted octanol–water partition coefficient (Wildman–Crippen LogP) is 0.846. The first kappa shape index (κ1) is 16.6. The maximum Gasteiger partial charge on any atom is 0.306 e. The van der Waals surface area contributed by atoms with Crippen LogP contribution in [0, 0.1) is 0 Å². The summed E-state index contributed by atoms with van der Waals surface area (Å²) in [5.74, 6) is -0.281. The Balaban J connectivity index is 2.37. The van der Waals surface area contributed by atoms with Crippen LogP contribution in [0.15, 0.2) is 29.2 Å². The van der Waals surface area contributed by atoms with E-state index >= 15 is 0 Å². The third-order valence-electron chi connectivity index (χ3n) is 2.63. The van der Waals surface area contributed by atoms with Gasteiger partial charge < -0.3 is 9.47 Å². The van der Waals surface area contributed by atoms with Crippen molar-refractivity contribution in [2.75, 3.05) is 20.3 Å². The Morgan fingerprint density at radius 1 is 1.20 bits per heavy atom. The van der Waals surface area contributed by atoms with E-state index in [4.69, 9.17) is 14.6 Å². The van der Waals surface area contributed by atoms with Crippen LogP contribution in [0.2, 0.25) is 0 Å². The Bertz CT molecular complexity index is 524. The van der Waals surface area contributed by atoms with Crippen molar-refractivity contribution in [2.45, 2.75) is 24.2 Å². The zero-order valence-electron chi connectivity index (χ0n) is 11.4. The number of primary sulfonamides is 1. The summed E-state index contributed by atoms with van der Waals surface area (Å²) < 4.78 is 32.0. The van der Waals surface area contributed by atoms with Crippen molar-refractivity contribution in [1.82, 2.24) is 0 Å². The van der Waals surface area contributed by atoms with Gasteiger partial charge in [-0.05, 0) is 24.1 Å². The topological polar surface area (TPSA) is 95.7 Å². The monoisotopic (exact) mass is 301 g/mol. The maximum absolute atomic E-state index is 11.4. The first-order valence-electron chi connectivity index (χ1n) is 6.20. The fourth-order valence-electron chi connectivity index (χ4n) is 1.55. The zero-order chi connectivity index (χ0) is 15.0. The second kappa shape index (κ2) is 7.98. The summed E-state index contributed by atoms with van der Waals surface area (Å²) in [6.07, 6.45) is 1.42. The van der Waals surface area contributed by atoms with Gasteiger partial charge in [-0.1, -0.05) is 12.1 Å². The van der Waals surface area contributed by atoms with Gasteiger partial charge in [-0.25, -0.2) is 13.6 Å². The third kappa shape index (κ3) is 6.14. The number of rotatable bonds is 8. The molecule has 0 amide bonds. The standard InChI is InChI=1S/C13H19NO5S/c1-18-9-2-10-19-13(15)8-5-11-3-6-12(7-4-11)20(14,16)17/h3-4,6-7H,2,5,8-10H2,1H3,(H2,14,16,17). The van der Waals surface area contributed by atoms with Crippen molar-refractivity contribution in [3.8, 4) is 0 Å². The van der Waals surface area contributed by atoms with Gasteiger partial charge >= 0.3 is 5.97 Å². The summed E-state index contributed by atoms with van der Waals surface area (Å²) in [5, 5.41) is 5.00. The molecular weight excluding hydrogens is 282 g/mol. The van der Waals surface area contributed by atoms with E-state index in [1.54, 1.807) is 19.2 Å². The van der Waals surface area contributed by atoms with E-state index in [1.165, 1.54) is 12.1 Å². The van der Waals surface area contributed by atoms with Crippen LogP contribution >= 0.6 is 0 Å². The number of ether oxygens (including phenoxy) is 2. The molecule has 1 aromatic carbocycles. The van der Waals surface area contributed by atoms with Gasteiger partial charge in [0.25, 0.3) is 0 Å². The van der Waals surface area contributed by atoms with Gasteiger partial charge in [-0.3, -0.25) is 4.79 Å². The fraction of sp³-hybridized carbons (Fsp3) is 0.462. The molecular formula is C13H19NO5S. The predicted molar refractivity (Wildman–Crippen MR) is 73.6 cm³/mol. The molecule has 2 N–H and O–H groups in total. The van der Waals surface area contributed by atoms with E-state index in [9.17, 15) is 13.2 Å². The van der Waals surface area contributed by atoms with Gasteiger partial charge in [0.05, 0.1) is 11.5 Å². The normalized spacial score (nSPS) is 11.3. The number of hydrogen-bond donors (Lipinski definition) is 1. The molecule has 0 bridgehead atoms. The molecule has 0 heterocycles. The van der Waals surface area contributed by atoms with Crippen LogP contribution in [-0.4, -0.2) is 34.7 Å². The van der Waals surface area contributed by atoms with Crippen LogP contribution in [-0.2, 0) is 30.7 Å². The van der Waals surface area contributed by atoms with Crippen LogP contribution in [0.3, 0.4) is 0 Å². The second-order valence-electron chi connectivity index (χ2n) is 4.26. The van der Waals surface area contributed by atoms with Crippen molar-refractivity contribution in [2.24, 2.45) is 5.14 Å². The first-order valence-corrected chi connectivity index (χ1v) is 7.74. The summed E-state index contributed by atoms with van der Waals surface area (Å²) in [4.78, 5) is 11.5. The molecule has 0 aliphatic heterocycles. The van der Waals surface area contributed by atoms with Crippen molar-refractivity contribution in [1.29, 1.82) is 0 Å². The summed E-state index contributed by atoms with van der Waals surface area (Å²) in [5.41, 5.74) is 0.853. The number of nitrogens with two attached hydrogens (primary N) is 1. The molecule has 1 aromatic rings. The van der Waals surface area contributed by atoms with E-state index in [-0.39, 0.29) is 17.3 Å². The minimum Gasteiger partial charge on any atom is -0.466 e. The fourth-order valence-corrected chi connectivity index (χ4v) is 2.07. The van der Waals surface area contributed by atoms with Gasteiger partial charge in [0.2, 0.25) is 10.0 Å². The molecule has 6 nitrogen and oxygen atoms in total. The molecule has 112 valence electrons. The first-order chi connectivity index (χ1) is 9.43. The van der Waals surface area contributed by atoms with Crippen molar-refractivity contribution in [3.63, 3.8) is 0 Å². The van der Waals surface area contributed by atoms with Gasteiger partial charge in [-0.2, -0.15) is 0 Å². The Morgan fingerprint density at radius 3 is 2.40 bits per heavy atom. The van der Waals surface area contributed by atoms with Crippen LogP contribution < -0.4 is 5.14 Å². The number of carbonyl (C=O) groups excluding carboxylic acids is 1. The highest BCUT2D eigenvalue weighted by Gasteiger charge is 2.08. The van der Waals surface area contributed by atoms with Crippen molar-refractivity contribution in [3.05, 3.63) is 29.8 Å². The molecule has 0 radical (unpaired) electrons. The Hall–Kier alpha value is -1.44. The van der Waals surface area contributed by atoms with Crippen LogP contribution in [0.25, 0.3) is 0 Å². The molecule has 0 aliphatic rings. The molecule has 0 atom stereocenters. The number of carbonyl (C=O) groups is 1. The van der Waals surface area contributed by atoms with Crippen molar-refractivity contribution >= 4 is 16.0 Å². The highest BCUT2D eigenvalue weighted by molar-refractivity contribution is 7.89. The smallest absolute Gasteiger partial charge is 0.306 e. The summed E-state index contributed by atoms with van der Waals surface area (Å²) in [6, 6.07) is 6.12. The molecule has 0 unspecified atom stereocenters. The molecule has 0 saturated heterocycles. The average Bonchev–Trinajstić information content (AvgIpc) is 2.41. The zero-order valence-corrected chi connectivity index (χ0v) is 12.2. The lowest BCUT2D eigenvalue weighted by Gasteiger charge is -2.05. The van der Waals surface area contributed by atoms with Crippen LogP contribution in [0.1, 0.15) is 18.4 Å². The van der Waals surface area contributed by atoms with Crippen LogP contribution in [0.4, 0.5) is 0 Å². The summed E-state index contributed by atoms with van der Waals surface area (Å²) in [6.45, 7) is 0.902. The Labute approximate surface area is 118 Å².